The monoisotopic (exact) mass is 502 g/mol. The summed E-state index contributed by atoms with van der Waals surface area (Å²) in [4.78, 5) is 23.1. The first-order valence-corrected chi connectivity index (χ1v) is 13.2. The number of halogens is 1. The van der Waals surface area contributed by atoms with Crippen LogP contribution >= 0.6 is 11.8 Å². The van der Waals surface area contributed by atoms with Crippen LogP contribution in [0.15, 0.2) is 61.4 Å². The molecular formula is C25H27FN2O4S2. The maximum absolute atomic E-state index is 13.7. The van der Waals surface area contributed by atoms with E-state index in [0.29, 0.717) is 5.56 Å². The van der Waals surface area contributed by atoms with Crippen LogP contribution in [-0.4, -0.2) is 46.0 Å². The zero-order valence-corrected chi connectivity index (χ0v) is 21.4. The van der Waals surface area contributed by atoms with Gasteiger partial charge in [-0.15, -0.1) is 11.8 Å². The summed E-state index contributed by atoms with van der Waals surface area (Å²) in [7, 11) is -1.03. The van der Waals surface area contributed by atoms with E-state index >= 15 is 0 Å². The fourth-order valence-electron chi connectivity index (χ4n) is 3.87. The van der Waals surface area contributed by atoms with E-state index in [9.17, 15) is 17.6 Å². The van der Waals surface area contributed by atoms with Gasteiger partial charge in [-0.05, 0) is 61.7 Å². The van der Waals surface area contributed by atoms with E-state index in [1.165, 1.54) is 13.3 Å². The minimum atomic E-state index is -4.27. The minimum Gasteiger partial charge on any atom is -0.383 e. The van der Waals surface area contributed by atoms with Crippen molar-refractivity contribution in [2.45, 2.75) is 43.4 Å². The van der Waals surface area contributed by atoms with Crippen molar-refractivity contribution < 1.29 is 21.8 Å². The Balaban J connectivity index is 2.13. The first kappa shape index (κ1) is 25.8. The third-order valence-corrected chi connectivity index (χ3v) is 8.04. The highest BCUT2D eigenvalue weighted by Gasteiger charge is 2.28. The summed E-state index contributed by atoms with van der Waals surface area (Å²) in [6, 6.07) is 6.14. The molecule has 9 heteroatoms. The van der Waals surface area contributed by atoms with Gasteiger partial charge in [0.05, 0.1) is 5.57 Å². The summed E-state index contributed by atoms with van der Waals surface area (Å²) in [5.41, 5.74) is 4.16. The number of aliphatic imine (C=N–C) groups is 2. The molecule has 0 aliphatic carbocycles. The van der Waals surface area contributed by atoms with E-state index in [-0.39, 0.29) is 28.4 Å². The number of Topliss-reactive ketones (excluding diaryl/α,β-unsaturated/α-hetero) is 1. The number of aryl methyl sites for hydroxylation is 1. The van der Waals surface area contributed by atoms with Crippen LogP contribution < -0.4 is 0 Å². The van der Waals surface area contributed by atoms with E-state index in [1.807, 2.05) is 19.9 Å². The van der Waals surface area contributed by atoms with Crippen molar-refractivity contribution in [3.05, 3.63) is 69.7 Å². The van der Waals surface area contributed by atoms with Crippen LogP contribution in [0.3, 0.4) is 0 Å². The van der Waals surface area contributed by atoms with Crippen LogP contribution in [0.1, 0.15) is 46.8 Å². The zero-order chi connectivity index (χ0) is 25.0. The molecule has 2 aromatic rings. The van der Waals surface area contributed by atoms with Gasteiger partial charge in [-0.25, -0.2) is 4.39 Å². The maximum Gasteiger partial charge on any atom is 0.338 e. The van der Waals surface area contributed by atoms with E-state index in [1.54, 1.807) is 25.7 Å². The highest BCUT2D eigenvalue weighted by Crippen LogP contribution is 2.37. The molecule has 0 radical (unpaired) electrons. The van der Waals surface area contributed by atoms with Crippen molar-refractivity contribution in [3.8, 4) is 0 Å². The van der Waals surface area contributed by atoms with Crippen molar-refractivity contribution in [1.82, 2.24) is 0 Å². The Labute approximate surface area is 204 Å². The Bertz CT molecular complexity index is 1310. The second kappa shape index (κ2) is 10.7. The molecule has 3 rings (SSSR count). The fraction of sp³-hybridized carbons (Fsp3) is 0.320. The first-order valence-electron chi connectivity index (χ1n) is 10.8. The Morgan fingerprint density at radius 1 is 1.21 bits per heavy atom. The van der Waals surface area contributed by atoms with Crippen molar-refractivity contribution in [1.29, 1.82) is 0 Å². The lowest BCUT2D eigenvalue weighted by Crippen LogP contribution is -2.18. The van der Waals surface area contributed by atoms with E-state index in [0.717, 1.165) is 63.7 Å². The zero-order valence-electron chi connectivity index (χ0n) is 19.8. The van der Waals surface area contributed by atoms with E-state index < -0.39 is 15.9 Å². The molecule has 1 heterocycles. The maximum atomic E-state index is 13.7. The first-order chi connectivity index (χ1) is 16.1. The molecular weight excluding hydrogens is 475 g/mol. The number of ketones is 1. The predicted molar refractivity (Wildman–Crippen MR) is 134 cm³/mol. The molecule has 0 atom stereocenters. The van der Waals surface area contributed by atoms with E-state index in [2.05, 4.69) is 9.98 Å². The number of hydrogen-bond donors (Lipinski definition) is 0. The number of hydrogen-bond acceptors (Lipinski definition) is 7. The van der Waals surface area contributed by atoms with E-state index in [4.69, 9.17) is 4.18 Å². The van der Waals surface area contributed by atoms with Crippen molar-refractivity contribution in [3.63, 3.8) is 0 Å². The van der Waals surface area contributed by atoms with Crippen LogP contribution in [0.5, 0.6) is 0 Å². The second-order valence-electron chi connectivity index (χ2n) is 7.74. The summed E-state index contributed by atoms with van der Waals surface area (Å²) in [6.07, 6.45) is 2.26. The lowest BCUT2D eigenvalue weighted by Gasteiger charge is -2.24. The van der Waals surface area contributed by atoms with Gasteiger partial charge in [0.15, 0.2) is 5.78 Å². The topological polar surface area (TPSA) is 85.2 Å². The molecule has 0 aromatic heterocycles. The van der Waals surface area contributed by atoms with Crippen molar-refractivity contribution in [2.75, 3.05) is 19.8 Å². The highest BCUT2D eigenvalue weighted by atomic mass is 32.2. The van der Waals surface area contributed by atoms with Crippen LogP contribution in [0.2, 0.25) is 0 Å². The molecule has 0 spiro atoms. The standard InChI is InChI=1S/C25H27FN2O4S2/c1-6-22(32-34(30,31)18-9-7-17(26)8-10-18)20(14-27-4)24(29)19-13-15(2)25-23(16(19)3)21(28-5)11-12-33-25/h7-10,13-14H,6,11-12H2,1-5H3. The van der Waals surface area contributed by atoms with Crippen LogP contribution in [-0.2, 0) is 14.3 Å². The van der Waals surface area contributed by atoms with Gasteiger partial charge in [0.25, 0.3) is 0 Å². The fourth-order valence-corrected chi connectivity index (χ4v) is 6.11. The average Bonchev–Trinajstić information content (AvgIpc) is 2.82. The number of carbonyl (C=O) groups excluding carboxylic acids is 1. The number of nitrogens with zero attached hydrogens (tertiary/aromatic N) is 2. The number of rotatable bonds is 7. The quantitative estimate of drug-likeness (QED) is 0.168. The minimum absolute atomic E-state index is 0.0338. The largest absolute Gasteiger partial charge is 0.383 e. The smallest absolute Gasteiger partial charge is 0.338 e. The summed E-state index contributed by atoms with van der Waals surface area (Å²) in [6.45, 7) is 5.52. The summed E-state index contributed by atoms with van der Waals surface area (Å²) in [5, 5.41) is 0. The third kappa shape index (κ3) is 5.15. The third-order valence-electron chi connectivity index (χ3n) is 5.55. The van der Waals surface area contributed by atoms with Gasteiger partial charge in [0.1, 0.15) is 16.5 Å². The van der Waals surface area contributed by atoms with Crippen molar-refractivity contribution >= 4 is 39.6 Å². The van der Waals surface area contributed by atoms with Gasteiger partial charge in [-0.1, -0.05) is 6.92 Å². The molecule has 1 aliphatic rings. The number of carbonyl (C=O) groups is 1. The molecule has 0 N–H and O–H groups in total. The molecule has 0 fully saturated rings. The van der Waals surface area contributed by atoms with Crippen LogP contribution in [0.4, 0.5) is 4.39 Å². The summed E-state index contributed by atoms with van der Waals surface area (Å²) < 4.78 is 44.3. The molecule has 0 unspecified atom stereocenters. The Morgan fingerprint density at radius 2 is 1.88 bits per heavy atom. The number of allylic oxidation sites excluding steroid dienone is 2. The molecule has 0 saturated carbocycles. The van der Waals surface area contributed by atoms with Crippen LogP contribution in [0.25, 0.3) is 0 Å². The lowest BCUT2D eigenvalue weighted by atomic mass is 9.90. The molecule has 0 saturated heterocycles. The van der Waals surface area contributed by atoms with Gasteiger partial charge in [0, 0.05) is 54.2 Å². The van der Waals surface area contributed by atoms with Gasteiger partial charge in [-0.3, -0.25) is 14.8 Å². The molecule has 180 valence electrons. The summed E-state index contributed by atoms with van der Waals surface area (Å²) in [5.74, 6) is -0.0547. The molecule has 1 aliphatic heterocycles. The Hall–Kier alpha value is -2.78. The molecule has 6 nitrogen and oxygen atoms in total. The number of benzene rings is 2. The average molecular weight is 503 g/mol. The highest BCUT2D eigenvalue weighted by molar-refractivity contribution is 7.99. The van der Waals surface area contributed by atoms with Gasteiger partial charge < -0.3 is 4.18 Å². The molecule has 2 aromatic carbocycles. The SMILES string of the molecule is CCC(OS(=O)(=O)c1ccc(F)cc1)=C(C=NC)C(=O)c1cc(C)c2c(c1C)C(=NC)CCS2. The Kier molecular flexibility index (Phi) is 8.09. The number of thioether (sulfide) groups is 1. The van der Waals surface area contributed by atoms with Gasteiger partial charge in [0.2, 0.25) is 0 Å². The normalized spacial score (nSPS) is 15.9. The Morgan fingerprint density at radius 3 is 2.47 bits per heavy atom. The second-order valence-corrected chi connectivity index (χ2v) is 10.4. The molecule has 34 heavy (non-hydrogen) atoms. The van der Waals surface area contributed by atoms with Gasteiger partial charge >= 0.3 is 10.1 Å². The molecule has 0 bridgehead atoms. The molecule has 0 amide bonds. The van der Waals surface area contributed by atoms with Crippen molar-refractivity contribution in [2.24, 2.45) is 9.98 Å². The number of fused-ring (bicyclic) bond motifs is 1. The predicted octanol–water partition coefficient (Wildman–Crippen LogP) is 5.31. The van der Waals surface area contributed by atoms with Gasteiger partial charge in [-0.2, -0.15) is 8.42 Å². The lowest BCUT2D eigenvalue weighted by molar-refractivity contribution is 0.103. The summed E-state index contributed by atoms with van der Waals surface area (Å²) >= 11 is 1.74. The van der Waals surface area contributed by atoms with Crippen LogP contribution in [0, 0.1) is 19.7 Å².